The fraction of sp³-hybridized carbons (Fsp3) is 0.762. The van der Waals surface area contributed by atoms with Gasteiger partial charge in [0.05, 0.1) is 11.4 Å². The number of pyridine rings is 1. The number of nitrogens with zero attached hydrogens (tertiary/aromatic N) is 1. The molecule has 26 heavy (non-hydrogen) atoms. The van der Waals surface area contributed by atoms with Gasteiger partial charge in [-0.25, -0.2) is 0 Å². The lowest BCUT2D eigenvalue weighted by atomic mass is 9.89. The fourth-order valence-corrected chi connectivity index (χ4v) is 4.95. The molecule has 144 valence electrons. The summed E-state index contributed by atoms with van der Waals surface area (Å²) < 4.78 is 0. The fourth-order valence-electron chi connectivity index (χ4n) is 4.95. The largest absolute Gasteiger partial charge is 0.311 e. The summed E-state index contributed by atoms with van der Waals surface area (Å²) in [5, 5.41) is 15.2. The van der Waals surface area contributed by atoms with Gasteiger partial charge in [0, 0.05) is 50.3 Å². The minimum Gasteiger partial charge on any atom is -0.311 e. The van der Waals surface area contributed by atoms with Gasteiger partial charge in [0.1, 0.15) is 0 Å². The van der Waals surface area contributed by atoms with Crippen molar-refractivity contribution in [2.75, 3.05) is 13.1 Å². The number of rotatable bonds is 0. The van der Waals surface area contributed by atoms with Crippen LogP contribution in [0.25, 0.3) is 0 Å². The number of hydrogen-bond acceptors (Lipinski definition) is 5. The first-order chi connectivity index (χ1) is 12.9. The second-order valence-corrected chi connectivity index (χ2v) is 8.29. The van der Waals surface area contributed by atoms with Crippen LogP contribution < -0.4 is 21.3 Å². The van der Waals surface area contributed by atoms with Gasteiger partial charge in [-0.05, 0) is 37.8 Å². The molecule has 0 aromatic carbocycles. The van der Waals surface area contributed by atoms with Crippen molar-refractivity contribution >= 4 is 0 Å². The van der Waals surface area contributed by atoms with E-state index in [0.29, 0.717) is 24.2 Å². The lowest BCUT2D eigenvalue weighted by molar-refractivity contribution is 0.266. The monoisotopic (exact) mass is 357 g/mol. The summed E-state index contributed by atoms with van der Waals surface area (Å²) in [4.78, 5) is 4.89. The van der Waals surface area contributed by atoms with Gasteiger partial charge < -0.3 is 21.3 Å². The quantitative estimate of drug-likeness (QED) is 0.573. The van der Waals surface area contributed by atoms with Gasteiger partial charge in [-0.3, -0.25) is 4.98 Å². The summed E-state index contributed by atoms with van der Waals surface area (Å²) in [6.45, 7) is 3.89. The Morgan fingerprint density at radius 1 is 0.615 bits per heavy atom. The molecule has 0 spiro atoms. The van der Waals surface area contributed by atoms with Crippen molar-refractivity contribution in [3.8, 4) is 0 Å². The maximum Gasteiger partial charge on any atom is 0.0545 e. The molecule has 4 unspecified atom stereocenters. The molecule has 2 fully saturated rings. The maximum atomic E-state index is 4.89. The predicted octanol–water partition coefficient (Wildman–Crippen LogP) is 2.08. The Kier molecular flexibility index (Phi) is 6.54. The third-order valence-electron chi connectivity index (χ3n) is 6.43. The third-order valence-corrected chi connectivity index (χ3v) is 6.43. The van der Waals surface area contributed by atoms with E-state index in [9.17, 15) is 0 Å². The second kappa shape index (κ2) is 9.27. The van der Waals surface area contributed by atoms with Gasteiger partial charge >= 0.3 is 0 Å². The molecule has 1 aliphatic heterocycles. The molecular formula is C21H35N5. The molecule has 4 atom stereocenters. The van der Waals surface area contributed by atoms with Crippen molar-refractivity contribution in [3.63, 3.8) is 0 Å². The normalized spacial score (nSPS) is 34.0. The van der Waals surface area contributed by atoms with Crippen LogP contribution in [0.4, 0.5) is 0 Å². The van der Waals surface area contributed by atoms with Crippen molar-refractivity contribution in [3.05, 3.63) is 29.6 Å². The molecule has 1 aromatic rings. The molecule has 2 aliphatic carbocycles. The highest BCUT2D eigenvalue weighted by atomic mass is 15.1. The topological polar surface area (TPSA) is 61.0 Å². The van der Waals surface area contributed by atoms with Crippen LogP contribution in [0.2, 0.25) is 0 Å². The van der Waals surface area contributed by atoms with E-state index in [2.05, 4.69) is 39.5 Å². The van der Waals surface area contributed by atoms with Gasteiger partial charge in [0.25, 0.3) is 0 Å². The van der Waals surface area contributed by atoms with E-state index >= 15 is 0 Å². The highest BCUT2D eigenvalue weighted by molar-refractivity contribution is 5.12. The van der Waals surface area contributed by atoms with Crippen molar-refractivity contribution in [1.82, 2.24) is 26.3 Å². The molecule has 2 bridgehead atoms. The van der Waals surface area contributed by atoms with Crippen molar-refractivity contribution in [2.24, 2.45) is 0 Å². The Labute approximate surface area is 158 Å². The van der Waals surface area contributed by atoms with Crippen LogP contribution in [-0.2, 0) is 13.1 Å². The van der Waals surface area contributed by atoms with E-state index in [-0.39, 0.29) is 0 Å². The van der Waals surface area contributed by atoms with Gasteiger partial charge in [0.2, 0.25) is 0 Å². The molecular weight excluding hydrogens is 322 g/mol. The molecule has 2 saturated carbocycles. The lowest BCUT2D eigenvalue weighted by Crippen LogP contribution is -2.53. The van der Waals surface area contributed by atoms with Gasteiger partial charge in [-0.2, -0.15) is 0 Å². The second-order valence-electron chi connectivity index (χ2n) is 8.29. The van der Waals surface area contributed by atoms with Crippen molar-refractivity contribution in [1.29, 1.82) is 0 Å². The smallest absolute Gasteiger partial charge is 0.0545 e. The van der Waals surface area contributed by atoms with Crippen LogP contribution in [0, 0.1) is 0 Å². The van der Waals surface area contributed by atoms with Gasteiger partial charge in [0.15, 0.2) is 0 Å². The SMILES string of the molecule is c1cc2nc(c1)CNC1CCCCC1NCCNC1CCCCC1NC2. The predicted molar refractivity (Wildman–Crippen MR) is 106 cm³/mol. The first kappa shape index (κ1) is 18.4. The zero-order chi connectivity index (χ0) is 17.6. The molecule has 5 heteroatoms. The highest BCUT2D eigenvalue weighted by Crippen LogP contribution is 2.20. The molecule has 0 amide bonds. The summed E-state index contributed by atoms with van der Waals surface area (Å²) in [7, 11) is 0. The molecule has 0 radical (unpaired) electrons. The standard InChI is InChI=1S/C21H35N5/c1-3-10-20-18(8-1)22-12-13-23-19-9-2-4-11-21(19)25-15-17-7-5-6-16(26-17)14-24-20/h5-7,18-25H,1-4,8-15H2. The van der Waals surface area contributed by atoms with E-state index in [1.165, 1.54) is 62.8 Å². The summed E-state index contributed by atoms with van der Waals surface area (Å²) in [5.41, 5.74) is 2.34. The van der Waals surface area contributed by atoms with Crippen molar-refractivity contribution < 1.29 is 0 Å². The molecule has 1 aromatic heterocycles. The number of nitrogens with one attached hydrogen (secondary N) is 4. The number of aromatic nitrogens is 1. The molecule has 0 saturated heterocycles. The van der Waals surface area contributed by atoms with E-state index in [1.807, 2.05) is 0 Å². The Bertz CT molecular complexity index is 518. The van der Waals surface area contributed by atoms with Crippen LogP contribution in [0.3, 0.4) is 0 Å². The van der Waals surface area contributed by atoms with E-state index in [4.69, 9.17) is 4.98 Å². The molecule has 5 nitrogen and oxygen atoms in total. The van der Waals surface area contributed by atoms with Gasteiger partial charge in [-0.15, -0.1) is 0 Å². The molecule has 4 N–H and O–H groups in total. The lowest BCUT2D eigenvalue weighted by Gasteiger charge is -2.34. The van der Waals surface area contributed by atoms with Crippen LogP contribution in [0.1, 0.15) is 62.8 Å². The highest BCUT2D eigenvalue weighted by Gasteiger charge is 2.26. The Morgan fingerprint density at radius 2 is 1.04 bits per heavy atom. The minimum atomic E-state index is 0.569. The van der Waals surface area contributed by atoms with Gasteiger partial charge in [-0.1, -0.05) is 31.7 Å². The van der Waals surface area contributed by atoms with Crippen molar-refractivity contribution in [2.45, 2.75) is 88.6 Å². The van der Waals surface area contributed by atoms with E-state index in [1.54, 1.807) is 0 Å². The Morgan fingerprint density at radius 3 is 1.50 bits per heavy atom. The van der Waals surface area contributed by atoms with Crippen LogP contribution in [-0.4, -0.2) is 42.2 Å². The minimum absolute atomic E-state index is 0.569. The average molecular weight is 358 g/mol. The zero-order valence-electron chi connectivity index (χ0n) is 16.0. The molecule has 4 rings (SSSR count). The van der Waals surface area contributed by atoms with Crippen LogP contribution in [0.15, 0.2) is 18.2 Å². The molecule has 3 aliphatic rings. The number of fused-ring (bicyclic) bond motifs is 4. The first-order valence-electron chi connectivity index (χ1n) is 10.8. The van der Waals surface area contributed by atoms with E-state index in [0.717, 1.165) is 26.2 Å². The Balaban J connectivity index is 1.47. The summed E-state index contributed by atoms with van der Waals surface area (Å²) in [6.07, 6.45) is 10.5. The number of hydrogen-bond donors (Lipinski definition) is 4. The van der Waals surface area contributed by atoms with Crippen LogP contribution in [0.5, 0.6) is 0 Å². The Hall–Kier alpha value is -1.01. The molecule has 2 heterocycles. The maximum absolute atomic E-state index is 4.89. The summed E-state index contributed by atoms with van der Waals surface area (Å²) in [6, 6.07) is 8.81. The average Bonchev–Trinajstić information content (AvgIpc) is 2.69. The van der Waals surface area contributed by atoms with Crippen LogP contribution >= 0.6 is 0 Å². The summed E-state index contributed by atoms with van der Waals surface area (Å²) >= 11 is 0. The zero-order valence-corrected chi connectivity index (χ0v) is 16.0. The summed E-state index contributed by atoms with van der Waals surface area (Å²) in [5.74, 6) is 0. The van der Waals surface area contributed by atoms with E-state index < -0.39 is 0 Å². The third kappa shape index (κ3) is 4.83. The first-order valence-corrected chi connectivity index (χ1v) is 10.8.